The molecule has 0 spiro atoms. The van der Waals surface area contributed by atoms with E-state index in [1.165, 1.54) is 16.8 Å². The second-order valence-corrected chi connectivity index (χ2v) is 6.37. The smallest absolute Gasteiger partial charge is 0.266 e. The van der Waals surface area contributed by atoms with Gasteiger partial charge in [-0.25, -0.2) is 4.98 Å². The molecule has 0 aromatic carbocycles. The molecule has 0 fully saturated rings. The van der Waals surface area contributed by atoms with Crippen molar-refractivity contribution in [1.82, 2.24) is 9.97 Å². The number of anilines is 1. The normalized spacial score (nSPS) is 18.8. The minimum absolute atomic E-state index is 0.0658. The highest BCUT2D eigenvalue weighted by Gasteiger charge is 2.27. The predicted octanol–water partition coefficient (Wildman–Crippen LogP) is 2.56. The van der Waals surface area contributed by atoms with Gasteiger partial charge in [-0.2, -0.15) is 0 Å². The van der Waals surface area contributed by atoms with Crippen molar-refractivity contribution in [2.75, 3.05) is 11.4 Å². The summed E-state index contributed by atoms with van der Waals surface area (Å²) >= 11 is 3.89. The number of H-pyrrole nitrogens is 1. The lowest BCUT2D eigenvalue weighted by Gasteiger charge is -2.34. The summed E-state index contributed by atoms with van der Waals surface area (Å²) in [6.07, 6.45) is 2.51. The molecule has 0 saturated carbocycles. The van der Waals surface area contributed by atoms with Crippen LogP contribution in [0.4, 0.5) is 5.82 Å². The third-order valence-corrected chi connectivity index (χ3v) is 5.30. The fourth-order valence-electron chi connectivity index (χ4n) is 2.37. The summed E-state index contributed by atoms with van der Waals surface area (Å²) in [5, 5.41) is 2.14. The van der Waals surface area contributed by atoms with Gasteiger partial charge < -0.3 is 9.88 Å². The molecule has 0 saturated heterocycles. The van der Waals surface area contributed by atoms with Gasteiger partial charge in [-0.05, 0) is 52.9 Å². The van der Waals surface area contributed by atoms with Crippen molar-refractivity contribution in [3.05, 3.63) is 42.1 Å². The van der Waals surface area contributed by atoms with Gasteiger partial charge in [-0.1, -0.05) is 0 Å². The molecule has 1 unspecified atom stereocenters. The Hall–Kier alpha value is -0.890. The topological polar surface area (TPSA) is 49.0 Å². The van der Waals surface area contributed by atoms with Gasteiger partial charge in [-0.3, -0.25) is 4.79 Å². The number of aromatic nitrogens is 2. The lowest BCUT2D eigenvalue weighted by Crippen LogP contribution is -2.35. The molecule has 1 N–H and O–H groups in total. The minimum atomic E-state index is -0.0658. The van der Waals surface area contributed by atoms with E-state index in [0.717, 1.165) is 18.8 Å². The number of aromatic amines is 1. The number of hydrogen-bond donors (Lipinski definition) is 1. The van der Waals surface area contributed by atoms with E-state index in [1.54, 1.807) is 0 Å². The highest BCUT2D eigenvalue weighted by atomic mass is 127. The van der Waals surface area contributed by atoms with Gasteiger partial charge in [0.05, 0.1) is 12.4 Å². The molecule has 3 heterocycles. The van der Waals surface area contributed by atoms with Gasteiger partial charge in [0, 0.05) is 11.4 Å². The zero-order valence-corrected chi connectivity index (χ0v) is 12.8. The summed E-state index contributed by atoms with van der Waals surface area (Å²) < 4.78 is 0.667. The number of halogens is 1. The molecule has 0 radical (unpaired) electrons. The number of hydrogen-bond acceptors (Lipinski definition) is 4. The van der Waals surface area contributed by atoms with Crippen LogP contribution >= 0.6 is 33.9 Å². The SMILES string of the molecule is CC1c2ccsc2CCN1c1nc[nH]c(=O)c1I. The van der Waals surface area contributed by atoms with Crippen molar-refractivity contribution < 1.29 is 0 Å². The van der Waals surface area contributed by atoms with Crippen LogP contribution in [0.15, 0.2) is 22.6 Å². The Morgan fingerprint density at radius 2 is 2.44 bits per heavy atom. The van der Waals surface area contributed by atoms with E-state index >= 15 is 0 Å². The van der Waals surface area contributed by atoms with Crippen LogP contribution in [-0.2, 0) is 6.42 Å². The molecular weight excluding hydrogens is 361 g/mol. The van der Waals surface area contributed by atoms with E-state index in [0.29, 0.717) is 3.57 Å². The second-order valence-electron chi connectivity index (χ2n) is 4.29. The number of rotatable bonds is 1. The Labute approximate surface area is 122 Å². The maximum atomic E-state index is 11.7. The maximum absolute atomic E-state index is 11.7. The van der Waals surface area contributed by atoms with Crippen LogP contribution in [0.5, 0.6) is 0 Å². The van der Waals surface area contributed by atoms with Crippen molar-refractivity contribution in [3.63, 3.8) is 0 Å². The Kier molecular flexibility index (Phi) is 3.14. The molecule has 0 amide bonds. The number of fused-ring (bicyclic) bond motifs is 1. The van der Waals surface area contributed by atoms with Crippen LogP contribution in [0, 0.1) is 3.57 Å². The van der Waals surface area contributed by atoms with Crippen molar-refractivity contribution >= 4 is 39.7 Å². The predicted molar refractivity (Wildman–Crippen MR) is 81.4 cm³/mol. The zero-order chi connectivity index (χ0) is 12.7. The highest BCUT2D eigenvalue weighted by molar-refractivity contribution is 14.1. The monoisotopic (exact) mass is 373 g/mol. The lowest BCUT2D eigenvalue weighted by atomic mass is 10.0. The van der Waals surface area contributed by atoms with Crippen molar-refractivity contribution in [2.24, 2.45) is 0 Å². The molecular formula is C12H12IN3OS. The number of nitrogens with zero attached hydrogens (tertiary/aromatic N) is 2. The van der Waals surface area contributed by atoms with Crippen LogP contribution in [-0.4, -0.2) is 16.5 Å². The maximum Gasteiger partial charge on any atom is 0.266 e. The van der Waals surface area contributed by atoms with Gasteiger partial charge in [0.25, 0.3) is 5.56 Å². The van der Waals surface area contributed by atoms with Gasteiger partial charge in [0.15, 0.2) is 0 Å². The van der Waals surface area contributed by atoms with E-state index in [-0.39, 0.29) is 11.6 Å². The summed E-state index contributed by atoms with van der Waals surface area (Å²) in [4.78, 5) is 22.3. The lowest BCUT2D eigenvalue weighted by molar-refractivity contribution is 0.622. The standard InChI is InChI=1S/C12H12IN3OS/c1-7-8-3-5-18-9(8)2-4-16(7)11-10(13)12(17)15-6-14-11/h3,5-7H,2,4H2,1H3,(H,14,15,17). The zero-order valence-electron chi connectivity index (χ0n) is 9.81. The van der Waals surface area contributed by atoms with E-state index in [9.17, 15) is 4.79 Å². The highest BCUT2D eigenvalue weighted by Crippen LogP contribution is 2.35. The van der Waals surface area contributed by atoms with Crippen LogP contribution in [0.3, 0.4) is 0 Å². The molecule has 0 bridgehead atoms. The third kappa shape index (κ3) is 1.87. The Bertz CT molecular complexity index is 636. The first-order valence-corrected chi connectivity index (χ1v) is 7.70. The van der Waals surface area contributed by atoms with Crippen molar-refractivity contribution in [1.29, 1.82) is 0 Å². The average molecular weight is 373 g/mol. The first-order valence-electron chi connectivity index (χ1n) is 5.74. The van der Waals surface area contributed by atoms with Gasteiger partial charge in [0.1, 0.15) is 9.39 Å². The van der Waals surface area contributed by atoms with Crippen LogP contribution in [0.1, 0.15) is 23.4 Å². The van der Waals surface area contributed by atoms with E-state index < -0.39 is 0 Å². The molecule has 18 heavy (non-hydrogen) atoms. The van der Waals surface area contributed by atoms with Crippen LogP contribution in [0.2, 0.25) is 0 Å². The Balaban J connectivity index is 2.04. The molecule has 3 rings (SSSR count). The largest absolute Gasteiger partial charge is 0.348 e. The summed E-state index contributed by atoms with van der Waals surface area (Å²) in [7, 11) is 0. The molecule has 94 valence electrons. The minimum Gasteiger partial charge on any atom is -0.348 e. The number of thiophene rings is 1. The first-order chi connectivity index (χ1) is 8.68. The molecule has 1 atom stereocenters. The third-order valence-electron chi connectivity index (χ3n) is 3.33. The summed E-state index contributed by atoms with van der Waals surface area (Å²) in [5.74, 6) is 0.795. The van der Waals surface area contributed by atoms with Crippen molar-refractivity contribution in [3.8, 4) is 0 Å². The van der Waals surface area contributed by atoms with Gasteiger partial charge in [-0.15, -0.1) is 11.3 Å². The number of nitrogens with one attached hydrogen (secondary N) is 1. The van der Waals surface area contributed by atoms with E-state index in [4.69, 9.17) is 0 Å². The molecule has 2 aromatic rings. The summed E-state index contributed by atoms with van der Waals surface area (Å²) in [6, 6.07) is 2.46. The fraction of sp³-hybridized carbons (Fsp3) is 0.333. The fourth-order valence-corrected chi connectivity index (χ4v) is 3.94. The summed E-state index contributed by atoms with van der Waals surface area (Å²) in [6.45, 7) is 3.09. The molecule has 0 aliphatic carbocycles. The molecule has 4 nitrogen and oxygen atoms in total. The second kappa shape index (κ2) is 4.65. The van der Waals surface area contributed by atoms with Gasteiger partial charge in [0.2, 0.25) is 0 Å². The molecule has 2 aromatic heterocycles. The average Bonchev–Trinajstić information content (AvgIpc) is 2.83. The molecule has 1 aliphatic rings. The Morgan fingerprint density at radius 3 is 3.28 bits per heavy atom. The Morgan fingerprint density at radius 1 is 1.61 bits per heavy atom. The van der Waals surface area contributed by atoms with E-state index in [1.807, 2.05) is 11.3 Å². The van der Waals surface area contributed by atoms with E-state index in [2.05, 4.69) is 55.8 Å². The quantitative estimate of drug-likeness (QED) is 0.782. The van der Waals surface area contributed by atoms with Crippen molar-refractivity contribution in [2.45, 2.75) is 19.4 Å². The first kappa shape index (κ1) is 12.2. The molecule has 1 aliphatic heterocycles. The van der Waals surface area contributed by atoms with Crippen LogP contribution in [0.25, 0.3) is 0 Å². The summed E-state index contributed by atoms with van der Waals surface area (Å²) in [5.41, 5.74) is 1.30. The van der Waals surface area contributed by atoms with Crippen LogP contribution < -0.4 is 10.5 Å². The van der Waals surface area contributed by atoms with Gasteiger partial charge >= 0.3 is 0 Å². The molecule has 6 heteroatoms.